The van der Waals surface area contributed by atoms with E-state index in [0.29, 0.717) is 26.1 Å². The van der Waals surface area contributed by atoms with E-state index in [0.717, 1.165) is 28.3 Å². The molecule has 0 bridgehead atoms. The lowest BCUT2D eigenvalue weighted by Crippen LogP contribution is -2.39. The summed E-state index contributed by atoms with van der Waals surface area (Å²) in [5, 5.41) is 5.20. The number of sulfonamides is 1. The van der Waals surface area contributed by atoms with Crippen LogP contribution in [-0.2, 0) is 27.8 Å². The molecule has 2 aliphatic rings. The summed E-state index contributed by atoms with van der Waals surface area (Å²) in [6, 6.07) is 10.5. The monoisotopic (exact) mass is 417 g/mol. The second-order valence-corrected chi connectivity index (χ2v) is 8.68. The van der Waals surface area contributed by atoms with Crippen LogP contribution in [0.4, 0.5) is 5.69 Å². The van der Waals surface area contributed by atoms with E-state index in [4.69, 9.17) is 14.6 Å². The fraction of sp³-hybridized carbons (Fsp3) is 0.350. The number of rotatable bonds is 6. The predicted molar refractivity (Wildman–Crippen MR) is 107 cm³/mol. The maximum Gasteiger partial charge on any atom is 0.241 e. The number of ether oxygens (including phenoxy) is 2. The van der Waals surface area contributed by atoms with E-state index < -0.39 is 10.0 Å². The standard InChI is InChI=1S/C20H23N3O5S/c1-2-22(11-14-3-6-18-19(9-14)28-13-27-18)12-20(24)23-8-7-15-10-16(29(21,25)26)4-5-17(15)23/h3-6,9-10H,2,7-8,11-13H2,1H3,(H2,21,25,26). The number of primary sulfonamides is 1. The Kier molecular flexibility index (Phi) is 5.20. The largest absolute Gasteiger partial charge is 0.454 e. The Hall–Kier alpha value is -2.62. The summed E-state index contributed by atoms with van der Waals surface area (Å²) in [5.41, 5.74) is 2.62. The topological polar surface area (TPSA) is 102 Å². The van der Waals surface area contributed by atoms with Crippen LogP contribution in [0.2, 0.25) is 0 Å². The van der Waals surface area contributed by atoms with Gasteiger partial charge < -0.3 is 14.4 Å². The molecule has 4 rings (SSSR count). The summed E-state index contributed by atoms with van der Waals surface area (Å²) >= 11 is 0. The molecule has 9 heteroatoms. The lowest BCUT2D eigenvalue weighted by Gasteiger charge is -2.24. The van der Waals surface area contributed by atoms with Gasteiger partial charge in [-0.1, -0.05) is 13.0 Å². The molecular weight excluding hydrogens is 394 g/mol. The Morgan fingerprint density at radius 1 is 1.17 bits per heavy atom. The average molecular weight is 417 g/mol. The molecule has 2 heterocycles. The van der Waals surface area contributed by atoms with Crippen molar-refractivity contribution in [2.75, 3.05) is 31.3 Å². The number of nitrogens with zero attached hydrogens (tertiary/aromatic N) is 2. The molecule has 0 saturated heterocycles. The van der Waals surface area contributed by atoms with Crippen molar-refractivity contribution in [2.45, 2.75) is 24.8 Å². The van der Waals surface area contributed by atoms with Gasteiger partial charge in [-0.05, 0) is 54.4 Å². The normalized spacial score (nSPS) is 15.1. The molecule has 1 amide bonds. The molecule has 0 spiro atoms. The van der Waals surface area contributed by atoms with Crippen molar-refractivity contribution >= 4 is 21.6 Å². The van der Waals surface area contributed by atoms with Crippen molar-refractivity contribution in [1.82, 2.24) is 4.90 Å². The van der Waals surface area contributed by atoms with Crippen LogP contribution in [0.1, 0.15) is 18.1 Å². The van der Waals surface area contributed by atoms with Gasteiger partial charge >= 0.3 is 0 Å². The Balaban J connectivity index is 1.45. The fourth-order valence-corrected chi connectivity index (χ4v) is 4.23. The van der Waals surface area contributed by atoms with Crippen LogP contribution < -0.4 is 19.5 Å². The molecule has 154 valence electrons. The summed E-state index contributed by atoms with van der Waals surface area (Å²) in [6.07, 6.45) is 0.610. The highest BCUT2D eigenvalue weighted by atomic mass is 32.2. The van der Waals surface area contributed by atoms with Gasteiger partial charge in [-0.15, -0.1) is 0 Å². The van der Waals surface area contributed by atoms with E-state index >= 15 is 0 Å². The van der Waals surface area contributed by atoms with Crippen molar-refractivity contribution in [1.29, 1.82) is 0 Å². The summed E-state index contributed by atoms with van der Waals surface area (Å²) < 4.78 is 33.9. The van der Waals surface area contributed by atoms with Gasteiger partial charge in [0.05, 0.1) is 11.4 Å². The summed E-state index contributed by atoms with van der Waals surface area (Å²) in [7, 11) is -3.75. The minimum Gasteiger partial charge on any atom is -0.454 e. The summed E-state index contributed by atoms with van der Waals surface area (Å²) in [4.78, 5) is 16.8. The number of anilines is 1. The van der Waals surface area contributed by atoms with Crippen molar-refractivity contribution < 1.29 is 22.7 Å². The predicted octanol–water partition coefficient (Wildman–Crippen LogP) is 1.47. The van der Waals surface area contributed by atoms with E-state index in [1.807, 2.05) is 25.1 Å². The molecule has 29 heavy (non-hydrogen) atoms. The number of nitrogens with two attached hydrogens (primary N) is 1. The molecule has 2 aromatic rings. The third kappa shape index (κ3) is 4.07. The minimum atomic E-state index is -3.75. The van der Waals surface area contributed by atoms with Crippen LogP contribution in [0.5, 0.6) is 11.5 Å². The fourth-order valence-electron chi connectivity index (χ4n) is 3.67. The van der Waals surface area contributed by atoms with Crippen LogP contribution in [0.25, 0.3) is 0 Å². The smallest absolute Gasteiger partial charge is 0.241 e. The van der Waals surface area contributed by atoms with E-state index in [1.54, 1.807) is 17.0 Å². The Labute approximate surface area is 169 Å². The zero-order chi connectivity index (χ0) is 20.6. The molecule has 0 aliphatic carbocycles. The molecule has 0 unspecified atom stereocenters. The van der Waals surface area contributed by atoms with Gasteiger partial charge in [0.25, 0.3) is 0 Å². The molecule has 0 aromatic heterocycles. The third-order valence-electron chi connectivity index (χ3n) is 5.23. The maximum atomic E-state index is 12.9. The molecule has 0 radical (unpaired) electrons. The van der Waals surface area contributed by atoms with Crippen LogP contribution in [0, 0.1) is 0 Å². The van der Waals surface area contributed by atoms with Gasteiger partial charge in [-0.2, -0.15) is 0 Å². The first-order valence-corrected chi connectivity index (χ1v) is 11.0. The number of amides is 1. The number of carbonyl (C=O) groups is 1. The highest BCUT2D eigenvalue weighted by molar-refractivity contribution is 7.89. The van der Waals surface area contributed by atoms with Crippen molar-refractivity contribution in [3.05, 3.63) is 47.5 Å². The van der Waals surface area contributed by atoms with Gasteiger partial charge in [0.1, 0.15) is 0 Å². The van der Waals surface area contributed by atoms with Gasteiger partial charge in [0.2, 0.25) is 22.7 Å². The maximum absolute atomic E-state index is 12.9. The Morgan fingerprint density at radius 3 is 2.72 bits per heavy atom. The molecule has 8 nitrogen and oxygen atoms in total. The van der Waals surface area contributed by atoms with Crippen molar-refractivity contribution in [3.8, 4) is 11.5 Å². The molecule has 0 atom stereocenters. The van der Waals surface area contributed by atoms with E-state index in [-0.39, 0.29) is 24.1 Å². The highest BCUT2D eigenvalue weighted by Crippen LogP contribution is 2.33. The van der Waals surface area contributed by atoms with Crippen LogP contribution in [0.3, 0.4) is 0 Å². The van der Waals surface area contributed by atoms with Crippen LogP contribution in [-0.4, -0.2) is 45.7 Å². The Morgan fingerprint density at radius 2 is 1.97 bits per heavy atom. The number of carbonyl (C=O) groups excluding carboxylic acids is 1. The zero-order valence-corrected chi connectivity index (χ0v) is 16.9. The zero-order valence-electron chi connectivity index (χ0n) is 16.1. The lowest BCUT2D eigenvalue weighted by molar-refractivity contribution is -0.119. The molecular formula is C20H23N3O5S. The number of hydrogen-bond donors (Lipinski definition) is 1. The van der Waals surface area contributed by atoms with E-state index in [9.17, 15) is 13.2 Å². The molecule has 2 N–H and O–H groups in total. The van der Waals surface area contributed by atoms with Gasteiger partial charge in [-0.25, -0.2) is 13.6 Å². The number of benzene rings is 2. The average Bonchev–Trinajstić information content (AvgIpc) is 3.32. The van der Waals surface area contributed by atoms with Gasteiger partial charge in [0, 0.05) is 18.8 Å². The first kappa shape index (κ1) is 19.7. The number of likely N-dealkylation sites (N-methyl/N-ethyl adjacent to an activating group) is 1. The van der Waals surface area contributed by atoms with E-state index in [1.165, 1.54) is 6.07 Å². The minimum absolute atomic E-state index is 0.0188. The highest BCUT2D eigenvalue weighted by Gasteiger charge is 2.27. The number of hydrogen-bond acceptors (Lipinski definition) is 6. The molecule has 2 aliphatic heterocycles. The van der Waals surface area contributed by atoms with Crippen LogP contribution >= 0.6 is 0 Å². The molecule has 0 saturated carbocycles. The SMILES string of the molecule is CCN(CC(=O)N1CCc2cc(S(N)(=O)=O)ccc21)Cc1ccc2c(c1)OCO2. The Bertz CT molecular complexity index is 1050. The first-order chi connectivity index (χ1) is 13.8. The quantitative estimate of drug-likeness (QED) is 0.764. The second kappa shape index (κ2) is 7.66. The summed E-state index contributed by atoms with van der Waals surface area (Å²) in [5.74, 6) is 1.44. The second-order valence-electron chi connectivity index (χ2n) is 7.12. The van der Waals surface area contributed by atoms with E-state index in [2.05, 4.69) is 4.90 Å². The lowest BCUT2D eigenvalue weighted by atomic mass is 10.2. The van der Waals surface area contributed by atoms with Gasteiger partial charge in [0.15, 0.2) is 11.5 Å². The number of fused-ring (bicyclic) bond motifs is 2. The molecule has 0 fully saturated rings. The summed E-state index contributed by atoms with van der Waals surface area (Å²) in [6.45, 7) is 4.37. The van der Waals surface area contributed by atoms with Gasteiger partial charge in [-0.3, -0.25) is 9.69 Å². The van der Waals surface area contributed by atoms with Crippen LogP contribution in [0.15, 0.2) is 41.3 Å². The molecule has 2 aromatic carbocycles. The third-order valence-corrected chi connectivity index (χ3v) is 6.14. The van der Waals surface area contributed by atoms with Crippen molar-refractivity contribution in [3.63, 3.8) is 0 Å². The first-order valence-electron chi connectivity index (χ1n) is 9.42. The van der Waals surface area contributed by atoms with Crippen molar-refractivity contribution in [2.24, 2.45) is 5.14 Å².